The highest BCUT2D eigenvalue weighted by Gasteiger charge is 2.32. The standard InChI is InChI=1S/C18H31NO3/c1-6-7-10-15(13-14(2)20)16-11-8-9-12-19(16)17(21)22-18(3,4)5/h13,16H,6-12H2,1-5H3/b15-13-. The van der Waals surface area contributed by atoms with E-state index < -0.39 is 5.60 Å². The van der Waals surface area contributed by atoms with Crippen molar-refractivity contribution in [3.8, 4) is 0 Å². The van der Waals surface area contributed by atoms with E-state index in [9.17, 15) is 9.59 Å². The summed E-state index contributed by atoms with van der Waals surface area (Å²) < 4.78 is 5.54. The molecule has 0 saturated carbocycles. The van der Waals surface area contributed by atoms with Gasteiger partial charge in [-0.1, -0.05) is 13.3 Å². The van der Waals surface area contributed by atoms with Crippen LogP contribution in [0, 0.1) is 0 Å². The number of rotatable bonds is 5. The Labute approximate surface area is 134 Å². The molecule has 1 heterocycles. The summed E-state index contributed by atoms with van der Waals surface area (Å²) in [7, 11) is 0. The normalized spacial score (nSPS) is 20.0. The van der Waals surface area contributed by atoms with Crippen molar-refractivity contribution in [3.63, 3.8) is 0 Å². The second-order valence-corrected chi connectivity index (χ2v) is 7.12. The maximum Gasteiger partial charge on any atom is 0.410 e. The zero-order valence-electron chi connectivity index (χ0n) is 14.8. The largest absolute Gasteiger partial charge is 0.444 e. The van der Waals surface area contributed by atoms with Gasteiger partial charge >= 0.3 is 6.09 Å². The van der Waals surface area contributed by atoms with Crippen molar-refractivity contribution in [2.75, 3.05) is 6.54 Å². The minimum Gasteiger partial charge on any atom is -0.444 e. The van der Waals surface area contributed by atoms with Crippen LogP contribution in [0.4, 0.5) is 4.79 Å². The first-order valence-corrected chi connectivity index (χ1v) is 8.45. The van der Waals surface area contributed by atoms with Crippen molar-refractivity contribution in [1.29, 1.82) is 0 Å². The number of piperidine rings is 1. The second-order valence-electron chi connectivity index (χ2n) is 7.12. The van der Waals surface area contributed by atoms with Gasteiger partial charge in [0.1, 0.15) is 5.60 Å². The van der Waals surface area contributed by atoms with Crippen molar-refractivity contribution >= 4 is 11.9 Å². The van der Waals surface area contributed by atoms with Crippen LogP contribution in [0.25, 0.3) is 0 Å². The van der Waals surface area contributed by atoms with Gasteiger partial charge in [-0.05, 0) is 71.4 Å². The number of nitrogens with zero attached hydrogens (tertiary/aromatic N) is 1. The van der Waals surface area contributed by atoms with E-state index in [0.29, 0.717) is 6.54 Å². The lowest BCUT2D eigenvalue weighted by atomic mass is 9.91. The average Bonchev–Trinajstić information content (AvgIpc) is 2.41. The van der Waals surface area contributed by atoms with E-state index in [4.69, 9.17) is 4.74 Å². The third-order valence-electron chi connectivity index (χ3n) is 3.77. The summed E-state index contributed by atoms with van der Waals surface area (Å²) in [6.07, 6.45) is 7.46. The van der Waals surface area contributed by atoms with Gasteiger partial charge in [0.25, 0.3) is 0 Å². The Hall–Kier alpha value is -1.32. The molecule has 126 valence electrons. The van der Waals surface area contributed by atoms with Crippen molar-refractivity contribution in [1.82, 2.24) is 4.90 Å². The number of unbranched alkanes of at least 4 members (excludes halogenated alkanes) is 1. The van der Waals surface area contributed by atoms with Crippen LogP contribution in [0.5, 0.6) is 0 Å². The summed E-state index contributed by atoms with van der Waals surface area (Å²) in [6.45, 7) is 10.1. The topological polar surface area (TPSA) is 46.6 Å². The molecule has 0 bridgehead atoms. The zero-order chi connectivity index (χ0) is 16.8. The Balaban J connectivity index is 2.93. The quantitative estimate of drug-likeness (QED) is 0.703. The fourth-order valence-electron chi connectivity index (χ4n) is 2.83. The molecule has 1 atom stereocenters. The first kappa shape index (κ1) is 18.7. The number of hydrogen-bond donors (Lipinski definition) is 0. The number of ether oxygens (including phenoxy) is 1. The van der Waals surface area contributed by atoms with E-state index in [0.717, 1.165) is 44.1 Å². The van der Waals surface area contributed by atoms with Gasteiger partial charge in [-0.2, -0.15) is 0 Å². The van der Waals surface area contributed by atoms with Crippen LogP contribution in [0.2, 0.25) is 0 Å². The summed E-state index contributed by atoms with van der Waals surface area (Å²) >= 11 is 0. The van der Waals surface area contributed by atoms with Gasteiger partial charge in [0.15, 0.2) is 5.78 Å². The van der Waals surface area contributed by atoms with Crippen molar-refractivity contribution in [2.45, 2.75) is 84.8 Å². The molecule has 1 aliphatic rings. The van der Waals surface area contributed by atoms with Crippen LogP contribution in [0.3, 0.4) is 0 Å². The summed E-state index contributed by atoms with van der Waals surface area (Å²) in [5.74, 6) is 0.0563. The molecule has 1 unspecified atom stereocenters. The van der Waals surface area contributed by atoms with Crippen LogP contribution >= 0.6 is 0 Å². The monoisotopic (exact) mass is 309 g/mol. The highest BCUT2D eigenvalue weighted by Crippen LogP contribution is 2.28. The predicted molar refractivity (Wildman–Crippen MR) is 88.9 cm³/mol. The summed E-state index contributed by atoms with van der Waals surface area (Å²) in [5.41, 5.74) is 0.590. The molecule has 0 radical (unpaired) electrons. The number of carbonyl (C=O) groups excluding carboxylic acids is 2. The molecule has 1 rings (SSSR count). The first-order chi connectivity index (χ1) is 10.2. The van der Waals surface area contributed by atoms with E-state index in [1.807, 2.05) is 25.7 Å². The molecule has 0 aromatic heterocycles. The molecule has 0 spiro atoms. The predicted octanol–water partition coefficient (Wildman–Crippen LogP) is 4.48. The van der Waals surface area contributed by atoms with E-state index in [-0.39, 0.29) is 17.9 Å². The van der Waals surface area contributed by atoms with E-state index >= 15 is 0 Å². The lowest BCUT2D eigenvalue weighted by Crippen LogP contribution is -2.47. The number of carbonyl (C=O) groups is 2. The minimum absolute atomic E-state index is 0.0130. The van der Waals surface area contributed by atoms with Gasteiger partial charge in [0.05, 0.1) is 6.04 Å². The Morgan fingerprint density at radius 3 is 2.50 bits per heavy atom. The Kier molecular flexibility index (Phi) is 7.11. The van der Waals surface area contributed by atoms with E-state index in [1.165, 1.54) is 0 Å². The minimum atomic E-state index is -0.493. The molecule has 0 aliphatic carbocycles. The molecular formula is C18H31NO3. The molecule has 4 nitrogen and oxygen atoms in total. The Bertz CT molecular complexity index is 421. The van der Waals surface area contributed by atoms with Crippen LogP contribution in [0.1, 0.15) is 73.1 Å². The van der Waals surface area contributed by atoms with Crippen LogP contribution in [-0.4, -0.2) is 35.0 Å². The van der Waals surface area contributed by atoms with Crippen molar-refractivity contribution < 1.29 is 14.3 Å². The first-order valence-electron chi connectivity index (χ1n) is 8.45. The van der Waals surface area contributed by atoms with E-state index in [1.54, 1.807) is 13.0 Å². The number of amides is 1. The SMILES string of the molecule is CCCC/C(=C/C(C)=O)C1CCCCN1C(=O)OC(C)(C)C. The maximum atomic E-state index is 12.5. The lowest BCUT2D eigenvalue weighted by molar-refractivity contribution is -0.112. The van der Waals surface area contributed by atoms with E-state index in [2.05, 4.69) is 6.92 Å². The smallest absolute Gasteiger partial charge is 0.410 e. The number of allylic oxidation sites excluding steroid dienone is 1. The molecule has 1 amide bonds. The van der Waals surface area contributed by atoms with Gasteiger partial charge in [0, 0.05) is 6.54 Å². The molecule has 22 heavy (non-hydrogen) atoms. The van der Waals surface area contributed by atoms with Gasteiger partial charge in [0.2, 0.25) is 0 Å². The third kappa shape index (κ3) is 6.20. The number of hydrogen-bond acceptors (Lipinski definition) is 3. The Morgan fingerprint density at radius 1 is 1.27 bits per heavy atom. The van der Waals surface area contributed by atoms with Gasteiger partial charge in [-0.3, -0.25) is 4.79 Å². The molecule has 4 heteroatoms. The fraction of sp³-hybridized carbons (Fsp3) is 0.778. The molecule has 0 aromatic carbocycles. The van der Waals surface area contributed by atoms with Gasteiger partial charge in [-0.25, -0.2) is 4.79 Å². The maximum absolute atomic E-state index is 12.5. The average molecular weight is 309 g/mol. The molecule has 1 saturated heterocycles. The van der Waals surface area contributed by atoms with Crippen LogP contribution < -0.4 is 0 Å². The molecule has 1 fully saturated rings. The van der Waals surface area contributed by atoms with Gasteiger partial charge in [-0.15, -0.1) is 0 Å². The molecular weight excluding hydrogens is 278 g/mol. The number of likely N-dealkylation sites (tertiary alicyclic amines) is 1. The van der Waals surface area contributed by atoms with Crippen molar-refractivity contribution in [3.05, 3.63) is 11.6 Å². The number of ketones is 1. The van der Waals surface area contributed by atoms with Crippen molar-refractivity contribution in [2.24, 2.45) is 0 Å². The Morgan fingerprint density at radius 2 is 1.95 bits per heavy atom. The summed E-state index contributed by atoms with van der Waals surface area (Å²) in [6, 6.07) is 0.0130. The highest BCUT2D eigenvalue weighted by molar-refractivity contribution is 5.88. The second kappa shape index (κ2) is 8.35. The molecule has 1 aliphatic heterocycles. The fourth-order valence-corrected chi connectivity index (χ4v) is 2.83. The van der Waals surface area contributed by atoms with Crippen LogP contribution in [-0.2, 0) is 9.53 Å². The molecule has 0 aromatic rings. The highest BCUT2D eigenvalue weighted by atomic mass is 16.6. The van der Waals surface area contributed by atoms with Gasteiger partial charge < -0.3 is 9.64 Å². The summed E-state index contributed by atoms with van der Waals surface area (Å²) in [5, 5.41) is 0. The zero-order valence-corrected chi connectivity index (χ0v) is 14.8. The van der Waals surface area contributed by atoms with Crippen LogP contribution in [0.15, 0.2) is 11.6 Å². The lowest BCUT2D eigenvalue weighted by Gasteiger charge is -2.38. The summed E-state index contributed by atoms with van der Waals surface area (Å²) in [4.78, 5) is 25.9. The molecule has 0 N–H and O–H groups in total. The third-order valence-corrected chi connectivity index (χ3v) is 3.77.